The van der Waals surface area contributed by atoms with Crippen molar-refractivity contribution in [1.29, 1.82) is 0 Å². The van der Waals surface area contributed by atoms with Gasteiger partial charge in [-0.2, -0.15) is 0 Å². The molecule has 0 saturated heterocycles. The van der Waals surface area contributed by atoms with E-state index in [-0.39, 0.29) is 16.7 Å². The van der Waals surface area contributed by atoms with Crippen LogP contribution in [-0.4, -0.2) is 26.3 Å². The number of H-pyrrole nitrogens is 1. The summed E-state index contributed by atoms with van der Waals surface area (Å²) in [6, 6.07) is 2.20. The molecular formula is C10H7NO5. The van der Waals surface area contributed by atoms with Crippen LogP contribution in [0.4, 0.5) is 0 Å². The molecular weight excluding hydrogens is 214 g/mol. The first-order valence-corrected chi connectivity index (χ1v) is 4.31. The molecule has 1 aromatic carbocycles. The third-order valence-corrected chi connectivity index (χ3v) is 2.18. The maximum Gasteiger partial charge on any atom is 0.341 e. The van der Waals surface area contributed by atoms with E-state index in [1.54, 1.807) is 0 Å². The van der Waals surface area contributed by atoms with Gasteiger partial charge < -0.3 is 20.3 Å². The van der Waals surface area contributed by atoms with Crippen molar-refractivity contribution in [2.45, 2.75) is 0 Å². The number of aromatic carboxylic acids is 1. The van der Waals surface area contributed by atoms with Crippen LogP contribution < -0.4 is 5.43 Å². The van der Waals surface area contributed by atoms with E-state index in [0.717, 1.165) is 12.3 Å². The first-order valence-electron chi connectivity index (χ1n) is 4.31. The number of benzene rings is 1. The summed E-state index contributed by atoms with van der Waals surface area (Å²) in [5, 5.41) is 27.2. The number of phenolic OH excluding ortho intramolecular Hbond substituents is 2. The number of fused-ring (bicyclic) bond motifs is 1. The topological polar surface area (TPSA) is 111 Å². The largest absolute Gasteiger partial charge is 0.508 e. The first-order chi connectivity index (χ1) is 7.50. The Morgan fingerprint density at radius 2 is 1.94 bits per heavy atom. The van der Waals surface area contributed by atoms with Gasteiger partial charge in [-0.1, -0.05) is 0 Å². The SMILES string of the molecule is O=C(O)c1c[nH]c2cc(O)cc(O)c2c1=O. The van der Waals surface area contributed by atoms with Gasteiger partial charge >= 0.3 is 5.97 Å². The highest BCUT2D eigenvalue weighted by atomic mass is 16.4. The summed E-state index contributed by atoms with van der Waals surface area (Å²) >= 11 is 0. The zero-order valence-corrected chi connectivity index (χ0v) is 7.89. The van der Waals surface area contributed by atoms with Gasteiger partial charge in [0.05, 0.1) is 10.9 Å². The van der Waals surface area contributed by atoms with Gasteiger partial charge in [0.15, 0.2) is 0 Å². The number of hydrogen-bond acceptors (Lipinski definition) is 4. The lowest BCUT2D eigenvalue weighted by Crippen LogP contribution is -2.15. The summed E-state index contributed by atoms with van der Waals surface area (Å²) in [5.74, 6) is -2.06. The minimum absolute atomic E-state index is 0.155. The van der Waals surface area contributed by atoms with Crippen molar-refractivity contribution < 1.29 is 20.1 Å². The van der Waals surface area contributed by atoms with Crippen molar-refractivity contribution in [3.8, 4) is 11.5 Å². The third kappa shape index (κ3) is 1.36. The lowest BCUT2D eigenvalue weighted by atomic mass is 10.1. The molecule has 82 valence electrons. The summed E-state index contributed by atoms with van der Waals surface area (Å²) < 4.78 is 0. The molecule has 0 bridgehead atoms. The number of nitrogens with one attached hydrogen (secondary N) is 1. The Bertz CT molecular complexity index is 643. The van der Waals surface area contributed by atoms with Crippen molar-refractivity contribution in [3.05, 3.63) is 34.1 Å². The van der Waals surface area contributed by atoms with Crippen LogP contribution in [0, 0.1) is 0 Å². The summed E-state index contributed by atoms with van der Waals surface area (Å²) in [5.41, 5.74) is -1.08. The molecule has 6 heteroatoms. The molecule has 0 spiro atoms. The molecule has 2 aromatic rings. The van der Waals surface area contributed by atoms with Gasteiger partial charge in [0.2, 0.25) is 5.43 Å². The number of pyridine rings is 1. The van der Waals surface area contributed by atoms with E-state index in [1.807, 2.05) is 0 Å². The molecule has 1 aromatic heterocycles. The molecule has 0 aliphatic rings. The van der Waals surface area contributed by atoms with Gasteiger partial charge in [-0.3, -0.25) is 4.79 Å². The molecule has 0 radical (unpaired) electrons. The molecule has 0 aliphatic carbocycles. The average Bonchev–Trinajstić information content (AvgIpc) is 2.15. The molecule has 0 amide bonds. The van der Waals surface area contributed by atoms with E-state index in [1.165, 1.54) is 6.07 Å². The maximum atomic E-state index is 11.7. The molecule has 6 nitrogen and oxygen atoms in total. The Morgan fingerprint density at radius 1 is 1.25 bits per heavy atom. The van der Waals surface area contributed by atoms with Crippen molar-refractivity contribution in [3.63, 3.8) is 0 Å². The van der Waals surface area contributed by atoms with Crippen LogP contribution in [0.1, 0.15) is 10.4 Å². The number of carboxylic acid groups (broad SMARTS) is 1. The molecule has 1 heterocycles. The average molecular weight is 221 g/mol. The predicted molar refractivity (Wildman–Crippen MR) is 54.9 cm³/mol. The fourth-order valence-electron chi connectivity index (χ4n) is 1.47. The second-order valence-corrected chi connectivity index (χ2v) is 3.22. The fourth-order valence-corrected chi connectivity index (χ4v) is 1.47. The number of aromatic hydroxyl groups is 2. The molecule has 0 fully saturated rings. The second-order valence-electron chi connectivity index (χ2n) is 3.22. The number of phenols is 2. The number of hydrogen-bond donors (Lipinski definition) is 4. The van der Waals surface area contributed by atoms with E-state index < -0.39 is 22.7 Å². The molecule has 0 atom stereocenters. The van der Waals surface area contributed by atoms with Gasteiger partial charge in [0.1, 0.15) is 17.1 Å². The van der Waals surface area contributed by atoms with Gasteiger partial charge in [-0.25, -0.2) is 4.79 Å². The Labute approximate surface area is 88.4 Å². The van der Waals surface area contributed by atoms with Gasteiger partial charge in [0, 0.05) is 18.3 Å². The van der Waals surface area contributed by atoms with Crippen LogP contribution in [-0.2, 0) is 0 Å². The standard InChI is InChI=1S/C10H7NO5/c12-4-1-6-8(7(13)2-4)9(14)5(3-11-6)10(15)16/h1-3,12-13H,(H,11,14)(H,15,16). The molecule has 0 unspecified atom stereocenters. The number of aromatic nitrogens is 1. The Balaban J connectivity index is 2.95. The van der Waals surface area contributed by atoms with Crippen LogP contribution >= 0.6 is 0 Å². The minimum Gasteiger partial charge on any atom is -0.508 e. The lowest BCUT2D eigenvalue weighted by Gasteiger charge is -2.02. The van der Waals surface area contributed by atoms with Gasteiger partial charge in [-0.15, -0.1) is 0 Å². The van der Waals surface area contributed by atoms with Crippen LogP contribution in [0.3, 0.4) is 0 Å². The van der Waals surface area contributed by atoms with Gasteiger partial charge in [0.25, 0.3) is 0 Å². The third-order valence-electron chi connectivity index (χ3n) is 2.18. The Hall–Kier alpha value is -2.50. The summed E-state index contributed by atoms with van der Waals surface area (Å²) in [4.78, 5) is 24.9. The number of aromatic amines is 1. The zero-order chi connectivity index (χ0) is 11.9. The monoisotopic (exact) mass is 221 g/mol. The normalized spacial score (nSPS) is 10.5. The summed E-state index contributed by atoms with van der Waals surface area (Å²) in [7, 11) is 0. The highest BCUT2D eigenvalue weighted by molar-refractivity contribution is 5.94. The second kappa shape index (κ2) is 3.27. The summed E-state index contributed by atoms with van der Waals surface area (Å²) in [6.45, 7) is 0. The van der Waals surface area contributed by atoms with Crippen molar-refractivity contribution in [1.82, 2.24) is 4.98 Å². The summed E-state index contributed by atoms with van der Waals surface area (Å²) in [6.07, 6.45) is 1.02. The number of carboxylic acids is 1. The number of rotatable bonds is 1. The van der Waals surface area contributed by atoms with Crippen LogP contribution in [0.15, 0.2) is 23.1 Å². The van der Waals surface area contributed by atoms with Gasteiger partial charge in [-0.05, 0) is 0 Å². The van der Waals surface area contributed by atoms with E-state index in [2.05, 4.69) is 4.98 Å². The maximum absolute atomic E-state index is 11.7. The van der Waals surface area contributed by atoms with Crippen LogP contribution in [0.5, 0.6) is 11.5 Å². The highest BCUT2D eigenvalue weighted by Crippen LogP contribution is 2.25. The van der Waals surface area contributed by atoms with E-state index >= 15 is 0 Å². The fraction of sp³-hybridized carbons (Fsp3) is 0. The zero-order valence-electron chi connectivity index (χ0n) is 7.89. The van der Waals surface area contributed by atoms with Crippen molar-refractivity contribution in [2.24, 2.45) is 0 Å². The first kappa shape index (κ1) is 10.0. The number of carbonyl (C=O) groups is 1. The quantitative estimate of drug-likeness (QED) is 0.564. The van der Waals surface area contributed by atoms with E-state index in [4.69, 9.17) is 5.11 Å². The Kier molecular flexibility index (Phi) is 2.05. The molecule has 2 rings (SSSR count). The highest BCUT2D eigenvalue weighted by Gasteiger charge is 2.14. The smallest absolute Gasteiger partial charge is 0.341 e. The molecule has 0 aliphatic heterocycles. The van der Waals surface area contributed by atoms with E-state index in [9.17, 15) is 19.8 Å². The Morgan fingerprint density at radius 3 is 2.56 bits per heavy atom. The molecule has 4 N–H and O–H groups in total. The molecule has 16 heavy (non-hydrogen) atoms. The van der Waals surface area contributed by atoms with Crippen molar-refractivity contribution in [2.75, 3.05) is 0 Å². The molecule has 0 saturated carbocycles. The van der Waals surface area contributed by atoms with E-state index in [0.29, 0.717) is 0 Å². The lowest BCUT2D eigenvalue weighted by molar-refractivity contribution is 0.0695. The van der Waals surface area contributed by atoms with Crippen molar-refractivity contribution >= 4 is 16.9 Å². The predicted octanol–water partition coefficient (Wildman–Crippen LogP) is 0.637. The van der Waals surface area contributed by atoms with Crippen LogP contribution in [0.25, 0.3) is 10.9 Å². The minimum atomic E-state index is -1.38. The van der Waals surface area contributed by atoms with Crippen LogP contribution in [0.2, 0.25) is 0 Å².